The molecule has 0 aromatic heterocycles. The fraction of sp³-hybridized carbons (Fsp3) is 0.500. The molecule has 0 saturated heterocycles. The molecule has 0 saturated carbocycles. The molecule has 4 nitrogen and oxygen atoms in total. The van der Waals surface area contributed by atoms with Gasteiger partial charge in [0.2, 0.25) is 10.0 Å². The fourth-order valence-electron chi connectivity index (χ4n) is 1.72. The summed E-state index contributed by atoms with van der Waals surface area (Å²) in [5.41, 5.74) is 6.43. The minimum absolute atomic E-state index is 0.301. The smallest absolute Gasteiger partial charge is 0.244 e. The van der Waals surface area contributed by atoms with Crippen molar-refractivity contribution in [3.8, 4) is 0 Å². The second-order valence-electron chi connectivity index (χ2n) is 3.97. The van der Waals surface area contributed by atoms with Crippen LogP contribution >= 0.6 is 15.9 Å². The third-order valence-corrected chi connectivity index (χ3v) is 5.63. The highest BCUT2D eigenvalue weighted by atomic mass is 79.9. The van der Waals surface area contributed by atoms with Crippen LogP contribution in [-0.4, -0.2) is 25.8 Å². The van der Waals surface area contributed by atoms with Gasteiger partial charge in [0, 0.05) is 24.1 Å². The highest BCUT2D eigenvalue weighted by molar-refractivity contribution is 9.10. The lowest BCUT2D eigenvalue weighted by Gasteiger charge is -2.20. The van der Waals surface area contributed by atoms with E-state index in [0.717, 1.165) is 12.0 Å². The van der Waals surface area contributed by atoms with Crippen molar-refractivity contribution in [1.82, 2.24) is 4.31 Å². The Kier molecular flexibility index (Phi) is 5.78. The Morgan fingerprint density at radius 3 is 2.44 bits per heavy atom. The van der Waals surface area contributed by atoms with Crippen molar-refractivity contribution in [3.63, 3.8) is 0 Å². The number of sulfonamides is 1. The van der Waals surface area contributed by atoms with Gasteiger partial charge < -0.3 is 5.73 Å². The number of nitrogens with two attached hydrogens (primary N) is 1. The first-order valence-electron chi connectivity index (χ1n) is 5.96. The maximum Gasteiger partial charge on any atom is 0.244 e. The number of hydrogen-bond acceptors (Lipinski definition) is 3. The van der Waals surface area contributed by atoms with Crippen LogP contribution in [0, 0.1) is 0 Å². The molecule has 0 bridgehead atoms. The van der Waals surface area contributed by atoms with Crippen molar-refractivity contribution in [2.75, 3.05) is 13.1 Å². The molecule has 1 aromatic rings. The molecular weight excluding hydrogens is 316 g/mol. The van der Waals surface area contributed by atoms with Gasteiger partial charge in [-0.3, -0.25) is 0 Å². The molecule has 18 heavy (non-hydrogen) atoms. The molecule has 0 amide bonds. The number of halogens is 1. The van der Waals surface area contributed by atoms with Gasteiger partial charge in [0.15, 0.2) is 0 Å². The van der Waals surface area contributed by atoms with Gasteiger partial charge in [-0.15, -0.1) is 0 Å². The van der Waals surface area contributed by atoms with Crippen LogP contribution in [0.15, 0.2) is 27.6 Å². The van der Waals surface area contributed by atoms with Crippen LogP contribution in [-0.2, 0) is 16.6 Å². The molecule has 1 rings (SSSR count). The summed E-state index contributed by atoms with van der Waals surface area (Å²) in [4.78, 5) is 0.301. The van der Waals surface area contributed by atoms with Gasteiger partial charge in [0.1, 0.15) is 0 Å². The molecule has 0 aliphatic heterocycles. The molecule has 102 valence electrons. The predicted octanol–water partition coefficient (Wildman–Crippen LogP) is 2.33. The molecular formula is C12H19BrN2O2S. The normalized spacial score (nSPS) is 12.1. The first-order chi connectivity index (χ1) is 8.47. The van der Waals surface area contributed by atoms with E-state index < -0.39 is 10.0 Å². The van der Waals surface area contributed by atoms with E-state index in [2.05, 4.69) is 15.9 Å². The minimum Gasteiger partial charge on any atom is -0.326 e. The van der Waals surface area contributed by atoms with Gasteiger partial charge in [-0.1, -0.05) is 19.9 Å². The highest BCUT2D eigenvalue weighted by Crippen LogP contribution is 2.26. The summed E-state index contributed by atoms with van der Waals surface area (Å²) >= 11 is 3.31. The van der Waals surface area contributed by atoms with E-state index in [4.69, 9.17) is 5.73 Å². The third kappa shape index (κ3) is 3.32. The Labute approximate surface area is 117 Å². The molecule has 2 N–H and O–H groups in total. The second kappa shape index (κ2) is 6.65. The van der Waals surface area contributed by atoms with Crippen LogP contribution in [0.5, 0.6) is 0 Å². The second-order valence-corrected chi connectivity index (χ2v) is 6.73. The zero-order valence-electron chi connectivity index (χ0n) is 10.7. The molecule has 0 aliphatic rings. The zero-order valence-corrected chi connectivity index (χ0v) is 13.1. The van der Waals surface area contributed by atoms with Crippen molar-refractivity contribution in [1.29, 1.82) is 0 Å². The maximum atomic E-state index is 12.4. The van der Waals surface area contributed by atoms with E-state index in [-0.39, 0.29) is 0 Å². The number of benzene rings is 1. The van der Waals surface area contributed by atoms with E-state index >= 15 is 0 Å². The lowest BCUT2D eigenvalue weighted by atomic mass is 10.2. The van der Waals surface area contributed by atoms with Gasteiger partial charge in [-0.2, -0.15) is 4.31 Å². The Balaban J connectivity index is 3.19. The SMILES string of the molecule is CCCN(CC)S(=O)(=O)c1ccc(CN)cc1Br. The van der Waals surface area contributed by atoms with Crippen molar-refractivity contribution < 1.29 is 8.42 Å². The lowest BCUT2D eigenvalue weighted by molar-refractivity contribution is 0.427. The monoisotopic (exact) mass is 334 g/mol. The molecule has 0 unspecified atom stereocenters. The first kappa shape index (κ1) is 15.6. The molecule has 0 aliphatic carbocycles. The number of hydrogen-bond donors (Lipinski definition) is 1. The molecule has 0 atom stereocenters. The standard InChI is InChI=1S/C12H19BrN2O2S/c1-3-7-15(4-2)18(16,17)12-6-5-10(9-14)8-11(12)13/h5-6,8H,3-4,7,9,14H2,1-2H3. The van der Waals surface area contributed by atoms with Crippen molar-refractivity contribution in [2.45, 2.75) is 31.7 Å². The molecule has 0 radical (unpaired) electrons. The van der Waals surface area contributed by atoms with Crippen LogP contribution in [0.1, 0.15) is 25.8 Å². The van der Waals surface area contributed by atoms with E-state index in [1.54, 1.807) is 18.2 Å². The van der Waals surface area contributed by atoms with Crippen molar-refractivity contribution in [3.05, 3.63) is 28.2 Å². The topological polar surface area (TPSA) is 63.4 Å². The summed E-state index contributed by atoms with van der Waals surface area (Å²) in [6.45, 7) is 5.21. The quantitative estimate of drug-likeness (QED) is 0.868. The van der Waals surface area contributed by atoms with Gasteiger partial charge >= 0.3 is 0 Å². The summed E-state index contributed by atoms with van der Waals surface area (Å²) in [6.07, 6.45) is 0.797. The van der Waals surface area contributed by atoms with Crippen LogP contribution in [0.25, 0.3) is 0 Å². The molecule has 1 aromatic carbocycles. The average Bonchev–Trinajstić information content (AvgIpc) is 2.35. The highest BCUT2D eigenvalue weighted by Gasteiger charge is 2.24. The Hall–Kier alpha value is -0.430. The molecule has 6 heteroatoms. The van der Waals surface area contributed by atoms with E-state index in [1.807, 2.05) is 13.8 Å². The summed E-state index contributed by atoms with van der Waals surface area (Å²) in [7, 11) is -3.42. The van der Waals surface area contributed by atoms with Crippen LogP contribution in [0.2, 0.25) is 0 Å². The van der Waals surface area contributed by atoms with Gasteiger partial charge in [0.25, 0.3) is 0 Å². The number of rotatable bonds is 6. The molecule has 0 fully saturated rings. The average molecular weight is 335 g/mol. The molecule has 0 heterocycles. The van der Waals surface area contributed by atoms with E-state index in [1.165, 1.54) is 4.31 Å². The van der Waals surface area contributed by atoms with E-state index in [0.29, 0.717) is 29.0 Å². The number of nitrogens with zero attached hydrogens (tertiary/aromatic N) is 1. The maximum absolute atomic E-state index is 12.4. The van der Waals surface area contributed by atoms with Crippen LogP contribution in [0.3, 0.4) is 0 Å². The molecule has 0 spiro atoms. The Morgan fingerprint density at radius 2 is 2.00 bits per heavy atom. The van der Waals surface area contributed by atoms with Crippen molar-refractivity contribution in [2.24, 2.45) is 5.73 Å². The minimum atomic E-state index is -3.42. The lowest BCUT2D eigenvalue weighted by Crippen LogP contribution is -2.31. The largest absolute Gasteiger partial charge is 0.326 e. The third-order valence-electron chi connectivity index (χ3n) is 2.68. The Morgan fingerprint density at radius 1 is 1.33 bits per heavy atom. The first-order valence-corrected chi connectivity index (χ1v) is 8.19. The summed E-state index contributed by atoms with van der Waals surface area (Å²) in [6, 6.07) is 5.12. The zero-order chi connectivity index (χ0) is 13.8. The Bertz CT molecular complexity index is 503. The van der Waals surface area contributed by atoms with E-state index in [9.17, 15) is 8.42 Å². The fourth-order valence-corrected chi connectivity index (χ4v) is 4.34. The van der Waals surface area contributed by atoms with Gasteiger partial charge in [-0.05, 0) is 40.0 Å². The van der Waals surface area contributed by atoms with Crippen LogP contribution in [0.4, 0.5) is 0 Å². The van der Waals surface area contributed by atoms with Gasteiger partial charge in [-0.25, -0.2) is 8.42 Å². The summed E-state index contributed by atoms with van der Waals surface area (Å²) < 4.78 is 26.9. The van der Waals surface area contributed by atoms with Crippen molar-refractivity contribution >= 4 is 26.0 Å². The summed E-state index contributed by atoms with van der Waals surface area (Å²) in [5, 5.41) is 0. The van der Waals surface area contributed by atoms with Gasteiger partial charge in [0.05, 0.1) is 4.90 Å². The predicted molar refractivity (Wildman–Crippen MR) is 76.8 cm³/mol. The van der Waals surface area contributed by atoms with Crippen LogP contribution < -0.4 is 5.73 Å². The summed E-state index contributed by atoms with van der Waals surface area (Å²) in [5.74, 6) is 0.